The van der Waals surface area contributed by atoms with Gasteiger partial charge in [0.1, 0.15) is 23.9 Å². The summed E-state index contributed by atoms with van der Waals surface area (Å²) in [7, 11) is 0. The van der Waals surface area contributed by atoms with E-state index in [9.17, 15) is 24.6 Å². The van der Waals surface area contributed by atoms with E-state index in [1.807, 2.05) is 19.9 Å². The Kier molecular flexibility index (Phi) is 12.6. The molecule has 2 aliphatic rings. The van der Waals surface area contributed by atoms with E-state index in [1.165, 1.54) is 19.1 Å². The smallest absolute Gasteiger partial charge is 0.305 e. The second-order valence-electron chi connectivity index (χ2n) is 10.6. The van der Waals surface area contributed by atoms with Gasteiger partial charge in [0.15, 0.2) is 0 Å². The number of rotatable bonds is 11. The first kappa shape index (κ1) is 33.0. The van der Waals surface area contributed by atoms with Crippen molar-refractivity contribution in [2.75, 3.05) is 5.88 Å². The molecule has 10 nitrogen and oxygen atoms in total. The highest BCUT2D eigenvalue weighted by atomic mass is 35.5. The summed E-state index contributed by atoms with van der Waals surface area (Å²) in [6.45, 7) is 8.85. The third kappa shape index (κ3) is 10.3. The Hall–Kier alpha value is -2.24. The number of hydrogen-bond donors (Lipinski definition) is 4. The molecule has 0 unspecified atom stereocenters. The lowest BCUT2D eigenvalue weighted by Gasteiger charge is -2.43. The van der Waals surface area contributed by atoms with Crippen LogP contribution in [0, 0.1) is 5.92 Å². The maximum Gasteiger partial charge on any atom is 0.305 e. The van der Waals surface area contributed by atoms with Crippen LogP contribution in [0.25, 0.3) is 0 Å². The molecule has 220 valence electrons. The fourth-order valence-electron chi connectivity index (χ4n) is 4.85. The number of aliphatic carboxylic acids is 1. The second-order valence-corrected chi connectivity index (χ2v) is 10.9. The molecule has 2 heterocycles. The lowest BCUT2D eigenvalue weighted by atomic mass is 9.84. The number of ether oxygens (including phenoxy) is 3. The van der Waals surface area contributed by atoms with Gasteiger partial charge in [-0.05, 0) is 45.6 Å². The molecule has 0 radical (unpaired) electrons. The molecule has 2 saturated heterocycles. The maximum atomic E-state index is 12.3. The number of aliphatic hydroxyl groups excluding tert-OH is 1. The monoisotopic (exact) mass is 571 g/mol. The summed E-state index contributed by atoms with van der Waals surface area (Å²) in [5.41, 5.74) is -0.761. The summed E-state index contributed by atoms with van der Waals surface area (Å²) in [5.74, 6) is -1.82. The normalized spacial score (nSPS) is 34.7. The Morgan fingerprint density at radius 1 is 1.21 bits per heavy atom. The molecular formula is C28H42ClNO9. The fraction of sp³-hybridized carbons (Fsp3) is 0.679. The van der Waals surface area contributed by atoms with Crippen molar-refractivity contribution in [2.45, 2.75) is 109 Å². The SMILES string of the molecule is CC(=O)O[C@@H](C)/C=C\C(=O)N[C@@H]1C[C@H](C)[C@H](C/C=C(C)/C=C/[C@H]2O[C@H](CC(=O)O)C[C@@](O)(CCl)[C@@H]2O)O[C@@H]1C. The van der Waals surface area contributed by atoms with Gasteiger partial charge >= 0.3 is 11.9 Å². The number of aliphatic hydroxyl groups is 2. The highest BCUT2D eigenvalue weighted by Gasteiger charge is 2.47. The minimum Gasteiger partial charge on any atom is -0.481 e. The molecule has 0 aliphatic carbocycles. The Bertz CT molecular complexity index is 951. The number of carboxylic acids is 1. The van der Waals surface area contributed by atoms with E-state index in [-0.39, 0.29) is 48.8 Å². The summed E-state index contributed by atoms with van der Waals surface area (Å²) in [5, 5.41) is 33.3. The van der Waals surface area contributed by atoms with Gasteiger partial charge in [-0.3, -0.25) is 14.4 Å². The summed E-state index contributed by atoms with van der Waals surface area (Å²) in [6, 6.07) is -0.160. The average Bonchev–Trinajstić information content (AvgIpc) is 2.84. The number of carbonyl (C=O) groups is 3. The minimum absolute atomic E-state index is 0.0613. The molecule has 11 heteroatoms. The molecule has 1 amide bonds. The minimum atomic E-state index is -1.64. The number of nitrogens with one attached hydrogen (secondary N) is 1. The molecule has 0 bridgehead atoms. The quantitative estimate of drug-likeness (QED) is 0.127. The van der Waals surface area contributed by atoms with Crippen molar-refractivity contribution >= 4 is 29.4 Å². The van der Waals surface area contributed by atoms with Crippen LogP contribution in [0.5, 0.6) is 0 Å². The highest BCUT2D eigenvalue weighted by Crippen LogP contribution is 2.33. The van der Waals surface area contributed by atoms with Crippen molar-refractivity contribution in [3.05, 3.63) is 36.0 Å². The number of alkyl halides is 1. The maximum absolute atomic E-state index is 12.3. The molecule has 4 N–H and O–H groups in total. The van der Waals surface area contributed by atoms with Crippen LogP contribution in [0.3, 0.4) is 0 Å². The van der Waals surface area contributed by atoms with E-state index in [2.05, 4.69) is 12.2 Å². The van der Waals surface area contributed by atoms with E-state index < -0.39 is 42.0 Å². The zero-order valence-corrected chi connectivity index (χ0v) is 24.0. The molecule has 0 saturated carbocycles. The molecule has 0 aromatic rings. The highest BCUT2D eigenvalue weighted by molar-refractivity contribution is 6.18. The molecule has 9 atom stereocenters. The van der Waals surface area contributed by atoms with Crippen LogP contribution < -0.4 is 5.32 Å². The van der Waals surface area contributed by atoms with E-state index in [4.69, 9.17) is 30.9 Å². The van der Waals surface area contributed by atoms with Gasteiger partial charge in [0.05, 0.1) is 36.7 Å². The van der Waals surface area contributed by atoms with Gasteiger partial charge in [-0.1, -0.05) is 30.7 Å². The van der Waals surface area contributed by atoms with Gasteiger partial charge < -0.3 is 34.8 Å². The van der Waals surface area contributed by atoms with E-state index >= 15 is 0 Å². The van der Waals surface area contributed by atoms with Crippen molar-refractivity contribution < 1.29 is 43.9 Å². The van der Waals surface area contributed by atoms with Crippen molar-refractivity contribution in [1.29, 1.82) is 0 Å². The van der Waals surface area contributed by atoms with Crippen LogP contribution in [-0.2, 0) is 28.6 Å². The van der Waals surface area contributed by atoms with Crippen LogP contribution in [0.2, 0.25) is 0 Å². The van der Waals surface area contributed by atoms with Gasteiger partial charge in [0.2, 0.25) is 5.91 Å². The number of hydrogen-bond acceptors (Lipinski definition) is 8. The lowest BCUT2D eigenvalue weighted by Crippen LogP contribution is -2.58. The molecule has 2 fully saturated rings. The van der Waals surface area contributed by atoms with Crippen LogP contribution in [0.1, 0.15) is 60.3 Å². The van der Waals surface area contributed by atoms with Gasteiger partial charge in [-0.15, -0.1) is 11.6 Å². The van der Waals surface area contributed by atoms with Gasteiger partial charge in [-0.25, -0.2) is 0 Å². The number of allylic oxidation sites excluding steroid dienone is 2. The molecule has 0 aromatic carbocycles. The lowest BCUT2D eigenvalue weighted by molar-refractivity contribution is -0.197. The summed E-state index contributed by atoms with van der Waals surface area (Å²) < 4.78 is 16.9. The number of carbonyl (C=O) groups excluding carboxylic acids is 2. The van der Waals surface area contributed by atoms with Gasteiger partial charge in [0, 0.05) is 19.4 Å². The second kappa shape index (κ2) is 14.9. The number of carboxylic acid groups (broad SMARTS) is 1. The molecule has 2 rings (SSSR count). The zero-order chi connectivity index (χ0) is 29.3. The average molecular weight is 572 g/mol. The summed E-state index contributed by atoms with van der Waals surface area (Å²) in [4.78, 5) is 34.4. The van der Waals surface area contributed by atoms with Gasteiger partial charge in [0.25, 0.3) is 0 Å². The van der Waals surface area contributed by atoms with Crippen molar-refractivity contribution in [1.82, 2.24) is 5.32 Å². The molecule has 39 heavy (non-hydrogen) atoms. The Labute approximate surface area is 235 Å². The molecular weight excluding hydrogens is 530 g/mol. The third-order valence-electron chi connectivity index (χ3n) is 7.06. The standard InChI is InChI=1S/C28H42ClNO9/c1-16(7-10-24-27(35)28(36,15-29)14-21(39-24)13-26(33)34)6-9-23-17(2)12-22(19(4)38-23)30-25(32)11-8-18(3)37-20(5)31/h6-8,10-11,17-19,21-24,27,35-36H,9,12-15H2,1-5H3,(H,30,32)(H,33,34)/b10-7+,11-8-,16-6+/t17-,18-,19+,21+,22+,23-,24+,27+,28+/m0/s1. The number of esters is 1. The number of amides is 1. The Morgan fingerprint density at radius 3 is 2.51 bits per heavy atom. The van der Waals surface area contributed by atoms with Crippen LogP contribution in [-0.4, -0.2) is 87.3 Å². The summed E-state index contributed by atoms with van der Waals surface area (Å²) in [6.07, 6.45) is 5.52. The molecule has 0 aromatic heterocycles. The zero-order valence-electron chi connectivity index (χ0n) is 23.2. The predicted octanol–water partition coefficient (Wildman–Crippen LogP) is 2.65. The van der Waals surface area contributed by atoms with E-state index in [1.54, 1.807) is 19.1 Å². The van der Waals surface area contributed by atoms with Crippen LogP contribution in [0.15, 0.2) is 36.0 Å². The van der Waals surface area contributed by atoms with Gasteiger partial charge in [-0.2, -0.15) is 0 Å². The predicted molar refractivity (Wildman–Crippen MR) is 145 cm³/mol. The Balaban J connectivity index is 1.93. The van der Waals surface area contributed by atoms with Crippen molar-refractivity contribution in [3.8, 4) is 0 Å². The molecule has 0 spiro atoms. The molecule has 2 aliphatic heterocycles. The number of halogens is 1. The largest absolute Gasteiger partial charge is 0.481 e. The third-order valence-corrected chi connectivity index (χ3v) is 7.52. The van der Waals surface area contributed by atoms with Crippen molar-refractivity contribution in [2.24, 2.45) is 5.92 Å². The topological polar surface area (TPSA) is 152 Å². The van der Waals surface area contributed by atoms with E-state index in [0.717, 1.165) is 12.0 Å². The first-order chi connectivity index (χ1) is 18.2. The first-order valence-electron chi connectivity index (χ1n) is 13.2. The summed E-state index contributed by atoms with van der Waals surface area (Å²) >= 11 is 5.88. The first-order valence-corrected chi connectivity index (χ1v) is 13.8. The van der Waals surface area contributed by atoms with E-state index in [0.29, 0.717) is 6.42 Å². The van der Waals surface area contributed by atoms with Crippen LogP contribution in [0.4, 0.5) is 0 Å². The van der Waals surface area contributed by atoms with Crippen molar-refractivity contribution in [3.63, 3.8) is 0 Å². The Morgan fingerprint density at radius 2 is 1.90 bits per heavy atom. The van der Waals surface area contributed by atoms with Crippen LogP contribution >= 0.6 is 11.6 Å². The fourth-order valence-corrected chi connectivity index (χ4v) is 5.12.